The molecule has 1 saturated heterocycles. The van der Waals surface area contributed by atoms with Crippen LogP contribution < -0.4 is 14.8 Å². The number of fused-ring (bicyclic) bond motifs is 1. The van der Waals surface area contributed by atoms with Crippen LogP contribution in [0.4, 0.5) is 0 Å². The van der Waals surface area contributed by atoms with Crippen LogP contribution in [0.1, 0.15) is 12.0 Å². The van der Waals surface area contributed by atoms with Gasteiger partial charge < -0.3 is 19.7 Å². The SMILES string of the molecule is O=C1CN(C(=O)CCc2ccc3c(c2)OCO3)CCN1. The summed E-state index contributed by atoms with van der Waals surface area (Å²) in [4.78, 5) is 24.9. The molecule has 0 unspecified atom stereocenters. The molecular formula is C14H16N2O4. The van der Waals surface area contributed by atoms with Crippen LogP contribution in [0.5, 0.6) is 11.5 Å². The van der Waals surface area contributed by atoms with Crippen LogP contribution in [0.3, 0.4) is 0 Å². The number of amides is 2. The van der Waals surface area contributed by atoms with Crippen LogP contribution in [0.25, 0.3) is 0 Å². The zero-order valence-corrected chi connectivity index (χ0v) is 11.1. The molecule has 2 aliphatic rings. The second-order valence-corrected chi connectivity index (χ2v) is 4.85. The minimum Gasteiger partial charge on any atom is -0.454 e. The number of hydrogen-bond donors (Lipinski definition) is 1. The minimum atomic E-state index is -0.0901. The molecule has 106 valence electrons. The lowest BCUT2D eigenvalue weighted by atomic mass is 10.1. The van der Waals surface area contributed by atoms with Gasteiger partial charge in [-0.3, -0.25) is 9.59 Å². The summed E-state index contributed by atoms with van der Waals surface area (Å²) in [5.74, 6) is 1.39. The van der Waals surface area contributed by atoms with E-state index in [-0.39, 0.29) is 25.2 Å². The Morgan fingerprint density at radius 1 is 1.30 bits per heavy atom. The maximum Gasteiger partial charge on any atom is 0.239 e. The van der Waals surface area contributed by atoms with Crippen LogP contribution in [0.2, 0.25) is 0 Å². The second-order valence-electron chi connectivity index (χ2n) is 4.85. The Hall–Kier alpha value is -2.24. The molecule has 6 nitrogen and oxygen atoms in total. The lowest BCUT2D eigenvalue weighted by molar-refractivity contribution is -0.138. The molecule has 1 fully saturated rings. The van der Waals surface area contributed by atoms with E-state index >= 15 is 0 Å². The highest BCUT2D eigenvalue weighted by Crippen LogP contribution is 2.32. The molecule has 0 aliphatic carbocycles. The molecule has 1 N–H and O–H groups in total. The second kappa shape index (κ2) is 5.40. The quantitative estimate of drug-likeness (QED) is 0.862. The standard InChI is InChI=1S/C14H16N2O4/c17-13-8-16(6-5-15-13)14(18)4-2-10-1-3-11-12(7-10)20-9-19-11/h1,3,7H,2,4-6,8-9H2,(H,15,17). The fourth-order valence-electron chi connectivity index (χ4n) is 2.36. The van der Waals surface area contributed by atoms with E-state index in [1.54, 1.807) is 4.90 Å². The van der Waals surface area contributed by atoms with E-state index < -0.39 is 0 Å². The Labute approximate surface area is 116 Å². The van der Waals surface area contributed by atoms with E-state index in [1.165, 1.54) is 0 Å². The highest BCUT2D eigenvalue weighted by molar-refractivity contribution is 5.86. The molecule has 3 rings (SSSR count). The lowest BCUT2D eigenvalue weighted by Gasteiger charge is -2.26. The van der Waals surface area contributed by atoms with E-state index in [0.717, 1.165) is 17.1 Å². The molecule has 0 atom stereocenters. The van der Waals surface area contributed by atoms with E-state index in [4.69, 9.17) is 9.47 Å². The first-order valence-corrected chi connectivity index (χ1v) is 6.65. The van der Waals surface area contributed by atoms with Gasteiger partial charge in [0.1, 0.15) is 0 Å². The number of hydrogen-bond acceptors (Lipinski definition) is 4. The number of benzene rings is 1. The Morgan fingerprint density at radius 2 is 2.15 bits per heavy atom. The van der Waals surface area contributed by atoms with E-state index in [9.17, 15) is 9.59 Å². The molecule has 2 aliphatic heterocycles. The van der Waals surface area contributed by atoms with Crippen molar-refractivity contribution in [3.05, 3.63) is 23.8 Å². The van der Waals surface area contributed by atoms with Crippen LogP contribution in [-0.4, -0.2) is 43.1 Å². The van der Waals surface area contributed by atoms with Gasteiger partial charge in [-0.1, -0.05) is 6.07 Å². The number of rotatable bonds is 3. The monoisotopic (exact) mass is 276 g/mol. The summed E-state index contributed by atoms with van der Waals surface area (Å²) in [7, 11) is 0. The average Bonchev–Trinajstić information content (AvgIpc) is 2.92. The fourth-order valence-corrected chi connectivity index (χ4v) is 2.36. The maximum absolute atomic E-state index is 12.0. The summed E-state index contributed by atoms with van der Waals surface area (Å²) >= 11 is 0. The van der Waals surface area contributed by atoms with Crippen LogP contribution in [0, 0.1) is 0 Å². The number of nitrogens with one attached hydrogen (secondary N) is 1. The number of ether oxygens (including phenoxy) is 2. The molecule has 0 radical (unpaired) electrons. The van der Waals surface area contributed by atoms with Gasteiger partial charge in [-0.15, -0.1) is 0 Å². The average molecular weight is 276 g/mol. The fraction of sp³-hybridized carbons (Fsp3) is 0.429. The van der Waals surface area contributed by atoms with Gasteiger partial charge in [0.25, 0.3) is 0 Å². The van der Waals surface area contributed by atoms with E-state index in [1.807, 2.05) is 18.2 Å². The van der Waals surface area contributed by atoms with E-state index in [2.05, 4.69) is 5.32 Å². The zero-order valence-electron chi connectivity index (χ0n) is 11.1. The molecule has 0 bridgehead atoms. The topological polar surface area (TPSA) is 67.9 Å². The first-order valence-electron chi connectivity index (χ1n) is 6.65. The van der Waals surface area contributed by atoms with Gasteiger partial charge in [0.2, 0.25) is 18.6 Å². The Bertz CT molecular complexity index is 544. The molecule has 6 heteroatoms. The normalized spacial score (nSPS) is 17.0. The predicted molar refractivity (Wildman–Crippen MR) is 70.5 cm³/mol. The van der Waals surface area contributed by atoms with Crippen molar-refractivity contribution in [3.8, 4) is 11.5 Å². The van der Waals surface area contributed by atoms with Crippen molar-refractivity contribution in [3.63, 3.8) is 0 Å². The third kappa shape index (κ3) is 2.68. The van der Waals surface area contributed by atoms with Gasteiger partial charge in [0.15, 0.2) is 11.5 Å². The van der Waals surface area contributed by atoms with Gasteiger partial charge in [-0.25, -0.2) is 0 Å². The third-order valence-electron chi connectivity index (χ3n) is 3.46. The number of carbonyl (C=O) groups is 2. The maximum atomic E-state index is 12.0. The van der Waals surface area contributed by atoms with E-state index in [0.29, 0.717) is 25.9 Å². The van der Waals surface area contributed by atoms with Crippen molar-refractivity contribution >= 4 is 11.8 Å². The van der Waals surface area contributed by atoms with Crippen molar-refractivity contribution in [1.82, 2.24) is 10.2 Å². The summed E-state index contributed by atoms with van der Waals surface area (Å²) in [5.41, 5.74) is 1.03. The molecule has 2 heterocycles. The van der Waals surface area contributed by atoms with Gasteiger partial charge >= 0.3 is 0 Å². The van der Waals surface area contributed by atoms with Crippen molar-refractivity contribution in [2.24, 2.45) is 0 Å². The highest BCUT2D eigenvalue weighted by atomic mass is 16.7. The molecule has 1 aromatic carbocycles. The Balaban J connectivity index is 1.56. The molecule has 0 saturated carbocycles. The minimum absolute atomic E-state index is 0.0116. The first kappa shape index (κ1) is 12.8. The predicted octanol–water partition coefficient (Wildman–Crippen LogP) is 0.306. The molecule has 20 heavy (non-hydrogen) atoms. The number of carbonyl (C=O) groups excluding carboxylic acids is 2. The highest BCUT2D eigenvalue weighted by Gasteiger charge is 2.21. The molecular weight excluding hydrogens is 260 g/mol. The van der Waals surface area contributed by atoms with Crippen molar-refractivity contribution in [1.29, 1.82) is 0 Å². The first-order chi connectivity index (χ1) is 9.72. The van der Waals surface area contributed by atoms with Crippen LogP contribution in [-0.2, 0) is 16.0 Å². The van der Waals surface area contributed by atoms with Gasteiger partial charge in [0, 0.05) is 19.5 Å². The van der Waals surface area contributed by atoms with Gasteiger partial charge in [-0.2, -0.15) is 0 Å². The largest absolute Gasteiger partial charge is 0.454 e. The zero-order chi connectivity index (χ0) is 13.9. The number of nitrogens with zero attached hydrogens (tertiary/aromatic N) is 1. The smallest absolute Gasteiger partial charge is 0.239 e. The van der Waals surface area contributed by atoms with Crippen LogP contribution >= 0.6 is 0 Å². The van der Waals surface area contributed by atoms with Crippen molar-refractivity contribution in [2.75, 3.05) is 26.4 Å². The lowest BCUT2D eigenvalue weighted by Crippen LogP contribution is -2.50. The van der Waals surface area contributed by atoms with Gasteiger partial charge in [0.05, 0.1) is 6.54 Å². The summed E-state index contributed by atoms with van der Waals surface area (Å²) in [6.45, 7) is 1.54. The Kier molecular flexibility index (Phi) is 3.45. The molecule has 2 amide bonds. The molecule has 0 spiro atoms. The molecule has 1 aromatic rings. The van der Waals surface area contributed by atoms with Gasteiger partial charge in [-0.05, 0) is 24.1 Å². The van der Waals surface area contributed by atoms with Crippen molar-refractivity contribution in [2.45, 2.75) is 12.8 Å². The molecule has 0 aromatic heterocycles. The summed E-state index contributed by atoms with van der Waals surface area (Å²) in [5, 5.41) is 2.71. The summed E-state index contributed by atoms with van der Waals surface area (Å²) < 4.78 is 10.5. The Morgan fingerprint density at radius 3 is 3.00 bits per heavy atom. The third-order valence-corrected chi connectivity index (χ3v) is 3.46. The number of aryl methyl sites for hydroxylation is 1. The van der Waals surface area contributed by atoms with Crippen LogP contribution in [0.15, 0.2) is 18.2 Å². The summed E-state index contributed by atoms with van der Waals surface area (Å²) in [6, 6.07) is 5.69. The van der Waals surface area contributed by atoms with Crippen molar-refractivity contribution < 1.29 is 19.1 Å². The number of piperazine rings is 1. The summed E-state index contributed by atoms with van der Waals surface area (Å²) in [6.07, 6.45) is 1.03.